The maximum absolute atomic E-state index is 10.7. The van der Waals surface area contributed by atoms with Gasteiger partial charge in [0, 0.05) is 5.02 Å². The molecule has 0 radical (unpaired) electrons. The lowest BCUT2D eigenvalue weighted by molar-refractivity contribution is 0.186. The molecule has 3 heterocycles. The molecule has 1 fully saturated rings. The van der Waals surface area contributed by atoms with E-state index in [1.807, 2.05) is 31.2 Å². The lowest BCUT2D eigenvalue weighted by Gasteiger charge is -2.34. The molecule has 0 aliphatic carbocycles. The molecule has 1 aliphatic heterocycles. The number of hydrogen-bond donors (Lipinski definition) is 1. The minimum atomic E-state index is 0.0105. The molecule has 0 amide bonds. The summed E-state index contributed by atoms with van der Waals surface area (Å²) >= 11 is 7.57. The van der Waals surface area contributed by atoms with Crippen molar-refractivity contribution in [2.45, 2.75) is 32.2 Å². The number of hydrogen-bond acceptors (Lipinski definition) is 5. The van der Waals surface area contributed by atoms with E-state index in [9.17, 15) is 5.11 Å². The van der Waals surface area contributed by atoms with Gasteiger partial charge in [0.05, 0.1) is 10.9 Å². The lowest BCUT2D eigenvalue weighted by Crippen LogP contribution is -2.34. The van der Waals surface area contributed by atoms with E-state index in [4.69, 9.17) is 11.6 Å². The molecule has 4 rings (SSSR count). The third-order valence-electron chi connectivity index (χ3n) is 4.50. The number of aromatic nitrogens is 3. The molecule has 1 aromatic carbocycles. The van der Waals surface area contributed by atoms with E-state index in [-0.39, 0.29) is 11.9 Å². The van der Waals surface area contributed by atoms with E-state index in [0.717, 1.165) is 33.5 Å². The van der Waals surface area contributed by atoms with Crippen molar-refractivity contribution in [2.24, 2.45) is 0 Å². The number of aromatic hydroxyl groups is 1. The van der Waals surface area contributed by atoms with Gasteiger partial charge in [0.25, 0.3) is 0 Å². The van der Waals surface area contributed by atoms with Crippen molar-refractivity contribution in [1.29, 1.82) is 0 Å². The Morgan fingerprint density at radius 1 is 1.17 bits per heavy atom. The summed E-state index contributed by atoms with van der Waals surface area (Å²) in [6, 6.07) is 7.92. The third-order valence-corrected chi connectivity index (χ3v) is 5.82. The highest BCUT2D eigenvalue weighted by atomic mass is 35.5. The molecule has 2 aromatic heterocycles. The Kier molecular flexibility index (Phi) is 4.20. The molecule has 0 unspecified atom stereocenters. The number of rotatable bonds is 3. The highest BCUT2D eigenvalue weighted by molar-refractivity contribution is 7.17. The van der Waals surface area contributed by atoms with Crippen LogP contribution in [0.5, 0.6) is 5.88 Å². The van der Waals surface area contributed by atoms with Crippen LogP contribution in [-0.2, 0) is 0 Å². The van der Waals surface area contributed by atoms with Gasteiger partial charge in [0.15, 0.2) is 0 Å². The van der Waals surface area contributed by atoms with Crippen molar-refractivity contribution in [1.82, 2.24) is 19.5 Å². The number of halogens is 1. The SMILES string of the molecule is Cc1nc2sc([C@H](c3ccc(Cl)cc3)N3CCCCC3)c(O)n2n1. The fourth-order valence-corrected chi connectivity index (χ4v) is 4.66. The van der Waals surface area contributed by atoms with Crippen molar-refractivity contribution >= 4 is 27.9 Å². The lowest BCUT2D eigenvalue weighted by atomic mass is 10.0. The zero-order valence-corrected chi connectivity index (χ0v) is 15.0. The highest BCUT2D eigenvalue weighted by Crippen LogP contribution is 2.40. The standard InChI is InChI=1S/C17H19ClN4OS/c1-11-19-17-22(20-11)16(23)15(24-17)14(21-9-3-2-4-10-21)12-5-7-13(18)8-6-12/h5-8,14,23H,2-4,9-10H2,1H3/t14-/m0/s1. The van der Waals surface area contributed by atoms with Crippen molar-refractivity contribution < 1.29 is 5.11 Å². The molecule has 0 spiro atoms. The summed E-state index contributed by atoms with van der Waals surface area (Å²) < 4.78 is 1.54. The Morgan fingerprint density at radius 2 is 1.88 bits per heavy atom. The number of nitrogens with zero attached hydrogens (tertiary/aromatic N) is 4. The van der Waals surface area contributed by atoms with Crippen LogP contribution in [-0.4, -0.2) is 37.7 Å². The van der Waals surface area contributed by atoms with E-state index in [1.54, 1.807) is 4.52 Å². The van der Waals surface area contributed by atoms with E-state index in [0.29, 0.717) is 5.82 Å². The van der Waals surface area contributed by atoms with Gasteiger partial charge in [0.1, 0.15) is 5.82 Å². The molecule has 126 valence electrons. The smallest absolute Gasteiger partial charge is 0.230 e. The Morgan fingerprint density at radius 3 is 2.54 bits per heavy atom. The number of aryl methyl sites for hydroxylation is 1. The summed E-state index contributed by atoms with van der Waals surface area (Å²) in [5.74, 6) is 0.866. The minimum Gasteiger partial charge on any atom is -0.492 e. The molecule has 1 atom stereocenters. The van der Waals surface area contributed by atoms with Crippen molar-refractivity contribution in [3.8, 4) is 5.88 Å². The maximum Gasteiger partial charge on any atom is 0.230 e. The summed E-state index contributed by atoms with van der Waals surface area (Å²) in [6.45, 7) is 3.89. The molecule has 1 N–H and O–H groups in total. The molecule has 0 bridgehead atoms. The summed E-state index contributed by atoms with van der Waals surface area (Å²) in [6.07, 6.45) is 3.64. The first-order valence-corrected chi connectivity index (χ1v) is 9.37. The normalized spacial score (nSPS) is 17.4. The largest absolute Gasteiger partial charge is 0.492 e. The predicted molar refractivity (Wildman–Crippen MR) is 96.0 cm³/mol. The van der Waals surface area contributed by atoms with Crippen LogP contribution in [0.2, 0.25) is 5.02 Å². The Bertz CT molecular complexity index is 851. The predicted octanol–water partition coefficient (Wildman–Crippen LogP) is 4.03. The molecule has 24 heavy (non-hydrogen) atoms. The quantitative estimate of drug-likeness (QED) is 0.764. The first kappa shape index (κ1) is 15.9. The average Bonchev–Trinajstić information content (AvgIpc) is 3.09. The van der Waals surface area contributed by atoms with Gasteiger partial charge in [-0.15, -0.1) is 5.10 Å². The molecule has 1 saturated heterocycles. The summed E-state index contributed by atoms with van der Waals surface area (Å²) in [7, 11) is 0. The van der Waals surface area contributed by atoms with Crippen LogP contribution < -0.4 is 0 Å². The van der Waals surface area contributed by atoms with Gasteiger partial charge in [-0.1, -0.05) is 41.5 Å². The molecule has 1 aliphatic rings. The molecular formula is C17H19ClN4OS. The zero-order valence-electron chi connectivity index (χ0n) is 13.4. The monoisotopic (exact) mass is 362 g/mol. The fourth-order valence-electron chi connectivity index (χ4n) is 3.38. The first-order valence-electron chi connectivity index (χ1n) is 8.18. The van der Waals surface area contributed by atoms with E-state index in [2.05, 4.69) is 15.0 Å². The van der Waals surface area contributed by atoms with Crippen LogP contribution >= 0.6 is 22.9 Å². The molecule has 5 nitrogen and oxygen atoms in total. The van der Waals surface area contributed by atoms with E-state index >= 15 is 0 Å². The third kappa shape index (κ3) is 2.79. The average molecular weight is 363 g/mol. The fraction of sp³-hybridized carbons (Fsp3) is 0.412. The van der Waals surface area contributed by atoms with Crippen molar-refractivity contribution in [2.75, 3.05) is 13.1 Å². The van der Waals surface area contributed by atoms with Crippen LogP contribution in [0.4, 0.5) is 0 Å². The van der Waals surface area contributed by atoms with Gasteiger partial charge < -0.3 is 5.11 Å². The Hall–Kier alpha value is -1.63. The maximum atomic E-state index is 10.7. The van der Waals surface area contributed by atoms with Gasteiger partial charge in [-0.2, -0.15) is 4.52 Å². The molecular weight excluding hydrogens is 344 g/mol. The Labute approximate surface area is 149 Å². The van der Waals surface area contributed by atoms with Crippen LogP contribution in [0.15, 0.2) is 24.3 Å². The molecule has 3 aromatic rings. The van der Waals surface area contributed by atoms with Gasteiger partial charge >= 0.3 is 0 Å². The number of fused-ring (bicyclic) bond motifs is 1. The van der Waals surface area contributed by atoms with Gasteiger partial charge in [-0.05, 0) is 50.6 Å². The second kappa shape index (κ2) is 6.35. The summed E-state index contributed by atoms with van der Waals surface area (Å²) in [5, 5.41) is 15.8. The number of thiazole rings is 1. The highest BCUT2D eigenvalue weighted by Gasteiger charge is 2.30. The first-order chi connectivity index (χ1) is 11.6. The second-order valence-electron chi connectivity index (χ2n) is 6.19. The van der Waals surface area contributed by atoms with Crippen LogP contribution in [0, 0.1) is 6.92 Å². The van der Waals surface area contributed by atoms with Crippen LogP contribution in [0.25, 0.3) is 4.96 Å². The zero-order chi connectivity index (χ0) is 16.7. The van der Waals surface area contributed by atoms with Gasteiger partial charge in [-0.25, -0.2) is 4.98 Å². The van der Waals surface area contributed by atoms with Crippen molar-refractivity contribution in [3.63, 3.8) is 0 Å². The Balaban J connectivity index is 1.82. The topological polar surface area (TPSA) is 53.7 Å². The van der Waals surface area contributed by atoms with Crippen molar-refractivity contribution in [3.05, 3.63) is 45.6 Å². The van der Waals surface area contributed by atoms with Crippen LogP contribution in [0.1, 0.15) is 41.6 Å². The van der Waals surface area contributed by atoms with E-state index in [1.165, 1.54) is 30.6 Å². The minimum absolute atomic E-state index is 0.0105. The second-order valence-corrected chi connectivity index (χ2v) is 7.64. The number of likely N-dealkylation sites (tertiary alicyclic amines) is 1. The number of benzene rings is 1. The summed E-state index contributed by atoms with van der Waals surface area (Å²) in [5.41, 5.74) is 1.14. The number of piperidine rings is 1. The van der Waals surface area contributed by atoms with Crippen LogP contribution in [0.3, 0.4) is 0 Å². The van der Waals surface area contributed by atoms with E-state index < -0.39 is 0 Å². The molecule has 0 saturated carbocycles. The summed E-state index contributed by atoms with van der Waals surface area (Å²) in [4.78, 5) is 8.47. The molecule has 7 heteroatoms. The van der Waals surface area contributed by atoms with Gasteiger partial charge in [0.2, 0.25) is 10.8 Å². The van der Waals surface area contributed by atoms with Gasteiger partial charge in [-0.3, -0.25) is 4.90 Å².